The van der Waals surface area contributed by atoms with Gasteiger partial charge in [0, 0.05) is 32.2 Å². The van der Waals surface area contributed by atoms with E-state index >= 15 is 0 Å². The monoisotopic (exact) mass is 402 g/mol. The molecule has 1 aromatic rings. The summed E-state index contributed by atoms with van der Waals surface area (Å²) >= 11 is 0. The summed E-state index contributed by atoms with van der Waals surface area (Å²) in [6, 6.07) is 2.49. The van der Waals surface area contributed by atoms with Crippen molar-refractivity contribution in [3.05, 3.63) is 29.8 Å². The Labute approximate surface area is 157 Å². The molecule has 0 bridgehead atoms. The van der Waals surface area contributed by atoms with Crippen LogP contribution in [0.5, 0.6) is 0 Å². The molecule has 7 nitrogen and oxygen atoms in total. The molecule has 2 aliphatic heterocycles. The van der Waals surface area contributed by atoms with E-state index < -0.39 is 21.7 Å². The molecule has 3 rings (SSSR count). The second kappa shape index (κ2) is 8.17. The third-order valence-corrected chi connectivity index (χ3v) is 6.89. The number of carbonyl (C=O) groups is 1. The van der Waals surface area contributed by atoms with E-state index in [1.54, 1.807) is 4.90 Å². The predicted octanol–water partition coefficient (Wildman–Crippen LogP) is 0.833. The van der Waals surface area contributed by atoms with Crippen LogP contribution in [-0.2, 0) is 14.8 Å². The Morgan fingerprint density at radius 2 is 1.85 bits per heavy atom. The van der Waals surface area contributed by atoms with Crippen molar-refractivity contribution in [1.29, 1.82) is 0 Å². The van der Waals surface area contributed by atoms with Gasteiger partial charge >= 0.3 is 0 Å². The minimum atomic E-state index is -3.92. The number of amides is 1. The highest BCUT2D eigenvalue weighted by Gasteiger charge is 2.35. The van der Waals surface area contributed by atoms with Gasteiger partial charge in [0.05, 0.1) is 4.90 Å². The van der Waals surface area contributed by atoms with Crippen molar-refractivity contribution < 1.29 is 22.0 Å². The zero-order valence-electron chi connectivity index (χ0n) is 15.1. The van der Waals surface area contributed by atoms with E-state index in [1.165, 1.54) is 4.31 Å². The molecule has 2 N–H and O–H groups in total. The first-order valence-corrected chi connectivity index (χ1v) is 10.5. The number of nitrogens with one attached hydrogen (secondary N) is 2. The Morgan fingerprint density at radius 3 is 2.48 bits per heavy atom. The Balaban J connectivity index is 1.59. The van der Waals surface area contributed by atoms with E-state index in [4.69, 9.17) is 0 Å². The maximum atomic E-state index is 13.4. The summed E-state index contributed by atoms with van der Waals surface area (Å²) in [5.41, 5.74) is 6.14. The van der Waals surface area contributed by atoms with E-state index in [1.807, 2.05) is 0 Å². The van der Waals surface area contributed by atoms with E-state index in [2.05, 4.69) is 17.8 Å². The Morgan fingerprint density at radius 1 is 1.15 bits per heavy atom. The Hall–Kier alpha value is -1.62. The molecule has 0 radical (unpaired) electrons. The zero-order chi connectivity index (χ0) is 19.6. The minimum absolute atomic E-state index is 0.0500. The molecule has 0 aromatic heterocycles. The van der Waals surface area contributed by atoms with Crippen LogP contribution in [0.3, 0.4) is 0 Å². The first-order valence-electron chi connectivity index (χ1n) is 9.08. The third-order valence-electron chi connectivity index (χ3n) is 5.00. The molecule has 2 aliphatic rings. The summed E-state index contributed by atoms with van der Waals surface area (Å²) in [5.74, 6) is -2.35. The van der Waals surface area contributed by atoms with Gasteiger partial charge in [-0.05, 0) is 31.0 Å². The van der Waals surface area contributed by atoms with Gasteiger partial charge in [0.25, 0.3) is 0 Å². The van der Waals surface area contributed by atoms with Gasteiger partial charge in [0.1, 0.15) is 6.04 Å². The van der Waals surface area contributed by atoms with Crippen molar-refractivity contribution in [3.8, 4) is 0 Å². The lowest BCUT2D eigenvalue weighted by atomic mass is 10.1. The molecule has 2 heterocycles. The fraction of sp³-hybridized carbons (Fsp3) is 0.588. The number of sulfonamides is 1. The molecule has 1 aromatic carbocycles. The normalized spacial score (nSPS) is 24.3. The molecule has 150 valence electrons. The number of piperazine rings is 1. The molecule has 2 fully saturated rings. The lowest BCUT2D eigenvalue weighted by molar-refractivity contribution is -0.134. The quantitative estimate of drug-likeness (QED) is 0.763. The van der Waals surface area contributed by atoms with Crippen LogP contribution in [0.2, 0.25) is 0 Å². The number of rotatable bonds is 5. The van der Waals surface area contributed by atoms with Crippen molar-refractivity contribution in [2.45, 2.75) is 43.2 Å². The van der Waals surface area contributed by atoms with Crippen LogP contribution >= 0.6 is 0 Å². The van der Waals surface area contributed by atoms with Gasteiger partial charge in [-0.25, -0.2) is 22.6 Å². The molecule has 1 amide bonds. The molecule has 0 aliphatic carbocycles. The smallest absolute Gasteiger partial charge is 0.243 e. The van der Waals surface area contributed by atoms with Crippen LogP contribution in [0.4, 0.5) is 8.78 Å². The SMILES string of the molecule is CCCC1CC(C(=O)N2CCN(S(=O)(=O)c3ccc(F)c(F)c3)CC2)NN1. The molecule has 10 heteroatoms. The molecule has 27 heavy (non-hydrogen) atoms. The van der Waals surface area contributed by atoms with Crippen molar-refractivity contribution in [1.82, 2.24) is 20.1 Å². The molecule has 2 unspecified atom stereocenters. The van der Waals surface area contributed by atoms with Gasteiger partial charge < -0.3 is 4.90 Å². The number of nitrogens with zero attached hydrogens (tertiary/aromatic N) is 2. The summed E-state index contributed by atoms with van der Waals surface area (Å²) in [6.45, 7) is 2.84. The van der Waals surface area contributed by atoms with Crippen LogP contribution in [-0.4, -0.2) is 61.8 Å². The fourth-order valence-electron chi connectivity index (χ4n) is 3.48. The molecule has 0 saturated carbocycles. The molecular formula is C17H24F2N4O3S. The molecule has 2 atom stereocenters. The van der Waals surface area contributed by atoms with Crippen LogP contribution in [0.1, 0.15) is 26.2 Å². The highest BCUT2D eigenvalue weighted by Crippen LogP contribution is 2.21. The highest BCUT2D eigenvalue weighted by molar-refractivity contribution is 7.89. The van der Waals surface area contributed by atoms with Crippen LogP contribution < -0.4 is 10.9 Å². The fourth-order valence-corrected chi connectivity index (χ4v) is 4.91. The van der Waals surface area contributed by atoms with Gasteiger partial charge in [0.15, 0.2) is 11.6 Å². The maximum Gasteiger partial charge on any atom is 0.243 e. The van der Waals surface area contributed by atoms with Crippen LogP contribution in [0.15, 0.2) is 23.1 Å². The van der Waals surface area contributed by atoms with Gasteiger partial charge in [-0.3, -0.25) is 10.2 Å². The van der Waals surface area contributed by atoms with Gasteiger partial charge in [-0.1, -0.05) is 13.3 Å². The third kappa shape index (κ3) is 4.29. The van der Waals surface area contributed by atoms with Crippen molar-refractivity contribution in [2.75, 3.05) is 26.2 Å². The summed E-state index contributed by atoms with van der Waals surface area (Å²) in [6.07, 6.45) is 2.72. The van der Waals surface area contributed by atoms with E-state index in [0.717, 1.165) is 25.0 Å². The van der Waals surface area contributed by atoms with Gasteiger partial charge in [0.2, 0.25) is 15.9 Å². The number of hydrazine groups is 1. The van der Waals surface area contributed by atoms with Crippen molar-refractivity contribution >= 4 is 15.9 Å². The number of benzene rings is 1. The number of hydrogen-bond donors (Lipinski definition) is 2. The second-order valence-electron chi connectivity index (χ2n) is 6.87. The van der Waals surface area contributed by atoms with Crippen molar-refractivity contribution in [3.63, 3.8) is 0 Å². The zero-order valence-corrected chi connectivity index (χ0v) is 15.9. The van der Waals surface area contributed by atoms with E-state index in [-0.39, 0.29) is 49.1 Å². The standard InChI is InChI=1S/C17H24F2N4O3S/c1-2-3-12-10-16(21-20-12)17(24)22-6-8-23(9-7-22)27(25,26)13-4-5-14(18)15(19)11-13/h4-5,11-12,16,20-21H,2-3,6-10H2,1H3. The summed E-state index contributed by atoms with van der Waals surface area (Å²) < 4.78 is 52.9. The van der Waals surface area contributed by atoms with Crippen LogP contribution in [0.25, 0.3) is 0 Å². The summed E-state index contributed by atoms with van der Waals surface area (Å²) in [4.78, 5) is 14.0. The summed E-state index contributed by atoms with van der Waals surface area (Å²) in [5, 5.41) is 0. The first-order chi connectivity index (χ1) is 12.8. The van der Waals surface area contributed by atoms with Crippen molar-refractivity contribution in [2.24, 2.45) is 0 Å². The second-order valence-corrected chi connectivity index (χ2v) is 8.81. The number of hydrogen-bond acceptors (Lipinski definition) is 5. The van der Waals surface area contributed by atoms with E-state index in [9.17, 15) is 22.0 Å². The molecule has 2 saturated heterocycles. The molecular weight excluding hydrogens is 378 g/mol. The predicted molar refractivity (Wildman–Crippen MR) is 95.1 cm³/mol. The average Bonchev–Trinajstić information content (AvgIpc) is 3.12. The lowest BCUT2D eigenvalue weighted by Gasteiger charge is -2.35. The van der Waals surface area contributed by atoms with E-state index in [0.29, 0.717) is 12.5 Å². The summed E-state index contributed by atoms with van der Waals surface area (Å²) in [7, 11) is -3.92. The Bertz CT molecular complexity index is 797. The van der Waals surface area contributed by atoms with Gasteiger partial charge in [-0.15, -0.1) is 0 Å². The maximum absolute atomic E-state index is 13.4. The topological polar surface area (TPSA) is 81.8 Å². The largest absolute Gasteiger partial charge is 0.339 e. The highest BCUT2D eigenvalue weighted by atomic mass is 32.2. The molecule has 0 spiro atoms. The van der Waals surface area contributed by atoms with Crippen LogP contribution in [0, 0.1) is 11.6 Å². The Kier molecular flexibility index (Phi) is 6.09. The first kappa shape index (κ1) is 20.1. The minimum Gasteiger partial charge on any atom is -0.339 e. The average molecular weight is 402 g/mol. The number of carbonyl (C=O) groups excluding carboxylic acids is 1. The number of halogens is 2. The van der Waals surface area contributed by atoms with Gasteiger partial charge in [-0.2, -0.15) is 4.31 Å². The lowest BCUT2D eigenvalue weighted by Crippen LogP contribution is -2.54.